The molecule has 0 bridgehead atoms. The second-order valence-electron chi connectivity index (χ2n) is 7.44. The van der Waals surface area contributed by atoms with E-state index in [2.05, 4.69) is 10.6 Å². The summed E-state index contributed by atoms with van der Waals surface area (Å²) in [6.45, 7) is 3.85. The van der Waals surface area contributed by atoms with E-state index in [0.717, 1.165) is 5.56 Å². The molecular weight excluding hydrogens is 449 g/mol. The minimum atomic E-state index is -0.575. The summed E-state index contributed by atoms with van der Waals surface area (Å²) in [5, 5.41) is 14.8. The van der Waals surface area contributed by atoms with Crippen molar-refractivity contribution in [2.75, 3.05) is 17.2 Å². The highest BCUT2D eigenvalue weighted by molar-refractivity contribution is 6.09. The Morgan fingerprint density at radius 3 is 2.20 bits per heavy atom. The van der Waals surface area contributed by atoms with Crippen molar-refractivity contribution in [3.63, 3.8) is 0 Å². The number of hydrogen-bond acceptors (Lipinski definition) is 5. The molecule has 0 saturated carbocycles. The molecule has 3 aromatic rings. The van der Waals surface area contributed by atoms with Crippen LogP contribution in [0.2, 0.25) is 0 Å². The Morgan fingerprint density at radius 1 is 0.943 bits per heavy atom. The number of anilines is 2. The van der Waals surface area contributed by atoms with Gasteiger partial charge in [0, 0.05) is 18.3 Å². The third-order valence-corrected chi connectivity index (χ3v) is 4.71. The number of halogens is 1. The van der Waals surface area contributed by atoms with Crippen LogP contribution in [0.3, 0.4) is 0 Å². The lowest BCUT2D eigenvalue weighted by atomic mass is 10.1. The molecule has 178 valence electrons. The fourth-order valence-corrected chi connectivity index (χ4v) is 3.10. The molecule has 0 heterocycles. The zero-order valence-electron chi connectivity index (χ0n) is 19.3. The van der Waals surface area contributed by atoms with Crippen LogP contribution < -0.4 is 20.1 Å². The molecule has 3 aromatic carbocycles. The van der Waals surface area contributed by atoms with Crippen LogP contribution in [0.4, 0.5) is 15.8 Å². The van der Waals surface area contributed by atoms with Gasteiger partial charge in [0.25, 0.3) is 5.91 Å². The maximum atomic E-state index is 13.1. The Balaban J connectivity index is 1.73. The van der Waals surface area contributed by atoms with E-state index in [9.17, 15) is 19.2 Å². The number of amides is 2. The minimum Gasteiger partial charge on any atom is -0.490 e. The van der Waals surface area contributed by atoms with Crippen molar-refractivity contribution in [3.05, 3.63) is 89.2 Å². The highest BCUT2D eigenvalue weighted by Gasteiger charge is 2.12. The van der Waals surface area contributed by atoms with Gasteiger partial charge >= 0.3 is 0 Å². The summed E-state index contributed by atoms with van der Waals surface area (Å²) >= 11 is 0. The minimum absolute atomic E-state index is 0.0987. The summed E-state index contributed by atoms with van der Waals surface area (Å²) in [6.07, 6.45) is 1.45. The maximum absolute atomic E-state index is 13.1. The van der Waals surface area contributed by atoms with Crippen LogP contribution in [-0.2, 0) is 16.2 Å². The quantitative estimate of drug-likeness (QED) is 0.324. The molecule has 2 amide bonds. The number of ether oxygens (including phenoxy) is 2. The molecule has 8 heteroatoms. The van der Waals surface area contributed by atoms with Crippen molar-refractivity contribution in [1.29, 1.82) is 5.26 Å². The van der Waals surface area contributed by atoms with E-state index in [1.54, 1.807) is 54.6 Å². The first kappa shape index (κ1) is 25.0. The van der Waals surface area contributed by atoms with Crippen molar-refractivity contribution in [3.8, 4) is 17.6 Å². The Labute approximate surface area is 202 Å². The molecule has 0 unspecified atom stereocenters. The van der Waals surface area contributed by atoms with Crippen LogP contribution in [0, 0.1) is 17.1 Å². The summed E-state index contributed by atoms with van der Waals surface area (Å²) in [4.78, 5) is 23.7. The fraction of sp³-hybridized carbons (Fsp3) is 0.148. The Hall–Kier alpha value is -4.64. The molecule has 0 atom stereocenters. The average Bonchev–Trinajstić information content (AvgIpc) is 2.84. The van der Waals surface area contributed by atoms with Gasteiger partial charge in [0.05, 0.1) is 6.61 Å². The number of nitrogens with one attached hydrogen (secondary N) is 2. The van der Waals surface area contributed by atoms with Gasteiger partial charge < -0.3 is 20.1 Å². The van der Waals surface area contributed by atoms with Crippen LogP contribution >= 0.6 is 0 Å². The molecule has 0 fully saturated rings. The molecule has 0 saturated heterocycles. The summed E-state index contributed by atoms with van der Waals surface area (Å²) < 4.78 is 24.6. The van der Waals surface area contributed by atoms with E-state index in [-0.39, 0.29) is 23.9 Å². The number of carbonyl (C=O) groups excluding carboxylic acids is 2. The summed E-state index contributed by atoms with van der Waals surface area (Å²) in [7, 11) is 0. The molecular formula is C27H24FN3O4. The van der Waals surface area contributed by atoms with E-state index in [1.165, 1.54) is 25.1 Å². The van der Waals surface area contributed by atoms with E-state index in [4.69, 9.17) is 9.47 Å². The number of carbonyl (C=O) groups is 2. The van der Waals surface area contributed by atoms with E-state index in [1.807, 2.05) is 13.0 Å². The monoisotopic (exact) mass is 473 g/mol. The molecule has 0 radical (unpaired) electrons. The zero-order chi connectivity index (χ0) is 25.2. The molecule has 0 aromatic heterocycles. The zero-order valence-corrected chi connectivity index (χ0v) is 19.3. The van der Waals surface area contributed by atoms with Gasteiger partial charge in [0.15, 0.2) is 11.5 Å². The van der Waals surface area contributed by atoms with Gasteiger partial charge in [-0.25, -0.2) is 4.39 Å². The molecule has 0 spiro atoms. The van der Waals surface area contributed by atoms with E-state index < -0.39 is 5.91 Å². The standard InChI is InChI=1S/C27H24FN3O4/c1-3-34-26-15-20(6-13-25(26)35-17-19-4-7-22(28)8-5-19)14-21(16-29)27(33)31-24-11-9-23(10-12-24)30-18(2)32/h4-15H,3,17H2,1-2H3,(H,30,32)(H,31,33). The summed E-state index contributed by atoms with van der Waals surface area (Å²) in [6, 6.07) is 19.5. The number of nitriles is 1. The van der Waals surface area contributed by atoms with Crippen molar-refractivity contribution in [2.45, 2.75) is 20.5 Å². The van der Waals surface area contributed by atoms with Crippen LogP contribution in [-0.4, -0.2) is 18.4 Å². The maximum Gasteiger partial charge on any atom is 0.266 e. The van der Waals surface area contributed by atoms with Gasteiger partial charge in [-0.15, -0.1) is 0 Å². The van der Waals surface area contributed by atoms with Crippen molar-refractivity contribution in [2.24, 2.45) is 0 Å². The van der Waals surface area contributed by atoms with E-state index in [0.29, 0.717) is 35.0 Å². The number of benzene rings is 3. The second-order valence-corrected chi connectivity index (χ2v) is 7.44. The van der Waals surface area contributed by atoms with Gasteiger partial charge in [0.2, 0.25) is 5.91 Å². The molecule has 35 heavy (non-hydrogen) atoms. The smallest absolute Gasteiger partial charge is 0.266 e. The SMILES string of the molecule is CCOc1cc(C=C(C#N)C(=O)Nc2ccc(NC(C)=O)cc2)ccc1OCc1ccc(F)cc1. The third kappa shape index (κ3) is 7.44. The molecule has 2 N–H and O–H groups in total. The second kappa shape index (κ2) is 12.0. The Morgan fingerprint density at radius 2 is 1.60 bits per heavy atom. The van der Waals surface area contributed by atoms with Gasteiger partial charge in [0.1, 0.15) is 24.1 Å². The van der Waals surface area contributed by atoms with Gasteiger partial charge in [-0.2, -0.15) is 5.26 Å². The largest absolute Gasteiger partial charge is 0.490 e. The lowest BCUT2D eigenvalue weighted by Crippen LogP contribution is -2.13. The fourth-order valence-electron chi connectivity index (χ4n) is 3.10. The van der Waals surface area contributed by atoms with Crippen LogP contribution in [0.25, 0.3) is 6.08 Å². The normalized spacial score (nSPS) is 10.7. The molecule has 0 aliphatic heterocycles. The first-order valence-corrected chi connectivity index (χ1v) is 10.8. The average molecular weight is 474 g/mol. The number of rotatable bonds is 9. The van der Waals surface area contributed by atoms with Gasteiger partial charge in [-0.3, -0.25) is 9.59 Å². The Bertz CT molecular complexity index is 1260. The molecule has 0 aliphatic carbocycles. The number of nitrogens with zero attached hydrogens (tertiary/aromatic N) is 1. The molecule has 3 rings (SSSR count). The lowest BCUT2D eigenvalue weighted by molar-refractivity contribution is -0.114. The van der Waals surface area contributed by atoms with Crippen molar-refractivity contribution < 1.29 is 23.5 Å². The first-order chi connectivity index (χ1) is 16.9. The molecule has 0 aliphatic rings. The van der Waals surface area contributed by atoms with E-state index >= 15 is 0 Å². The van der Waals surface area contributed by atoms with Gasteiger partial charge in [-0.1, -0.05) is 18.2 Å². The first-order valence-electron chi connectivity index (χ1n) is 10.8. The summed E-state index contributed by atoms with van der Waals surface area (Å²) in [5.41, 5.74) is 2.35. The van der Waals surface area contributed by atoms with Gasteiger partial charge in [-0.05, 0) is 72.7 Å². The predicted octanol–water partition coefficient (Wildman–Crippen LogP) is 5.31. The topological polar surface area (TPSA) is 100 Å². The Kier molecular flexibility index (Phi) is 8.57. The number of hydrogen-bond donors (Lipinski definition) is 2. The predicted molar refractivity (Wildman–Crippen MR) is 131 cm³/mol. The van der Waals surface area contributed by atoms with Crippen LogP contribution in [0.15, 0.2) is 72.3 Å². The highest BCUT2D eigenvalue weighted by atomic mass is 19.1. The highest BCUT2D eigenvalue weighted by Crippen LogP contribution is 2.30. The third-order valence-electron chi connectivity index (χ3n) is 4.71. The summed E-state index contributed by atoms with van der Waals surface area (Å²) in [5.74, 6) is -0.159. The van der Waals surface area contributed by atoms with Crippen molar-refractivity contribution in [1.82, 2.24) is 0 Å². The molecule has 7 nitrogen and oxygen atoms in total. The van der Waals surface area contributed by atoms with Crippen molar-refractivity contribution >= 4 is 29.3 Å². The van der Waals surface area contributed by atoms with Crippen LogP contribution in [0.5, 0.6) is 11.5 Å². The van der Waals surface area contributed by atoms with Crippen LogP contribution in [0.1, 0.15) is 25.0 Å². The lowest BCUT2D eigenvalue weighted by Gasteiger charge is -2.13.